The van der Waals surface area contributed by atoms with Gasteiger partial charge in [0.05, 0.1) is 12.8 Å². The largest absolute Gasteiger partial charge is 0.459 e. The van der Waals surface area contributed by atoms with Gasteiger partial charge in [-0.2, -0.15) is 5.10 Å². The minimum Gasteiger partial charge on any atom is -0.459 e. The number of rotatable bonds is 6. The van der Waals surface area contributed by atoms with Crippen LogP contribution in [0.25, 0.3) is 0 Å². The van der Waals surface area contributed by atoms with Gasteiger partial charge in [-0.15, -0.1) is 0 Å². The minimum atomic E-state index is -0.432. The molecule has 2 rings (SSSR count). The highest BCUT2D eigenvalue weighted by Gasteiger charge is 2.11. The Bertz CT molecular complexity index is 574. The molecule has 2 heterocycles. The van der Waals surface area contributed by atoms with Crippen molar-refractivity contribution in [2.75, 3.05) is 11.9 Å². The van der Waals surface area contributed by atoms with Crippen LogP contribution in [0.4, 0.5) is 5.82 Å². The van der Waals surface area contributed by atoms with Crippen molar-refractivity contribution in [2.45, 2.75) is 19.8 Å². The minimum absolute atomic E-state index is 0.143. The van der Waals surface area contributed by atoms with E-state index in [2.05, 4.69) is 27.8 Å². The normalized spacial score (nSPS) is 10.2. The number of nitrogens with one attached hydrogen (secondary N) is 3. The molecule has 0 saturated carbocycles. The molecule has 3 N–H and O–H groups in total. The van der Waals surface area contributed by atoms with Crippen LogP contribution < -0.4 is 10.6 Å². The third kappa shape index (κ3) is 3.71. The zero-order chi connectivity index (χ0) is 14.4. The topological polar surface area (TPSA) is 100 Å². The summed E-state index contributed by atoms with van der Waals surface area (Å²) in [6, 6.07) is 4.90. The number of furan rings is 1. The fraction of sp³-hybridized carbons (Fsp3) is 0.308. The number of aromatic amines is 1. The van der Waals surface area contributed by atoms with Crippen molar-refractivity contribution < 1.29 is 14.0 Å². The highest BCUT2D eigenvalue weighted by Crippen LogP contribution is 2.06. The van der Waals surface area contributed by atoms with E-state index in [1.165, 1.54) is 12.3 Å². The van der Waals surface area contributed by atoms with Gasteiger partial charge in [-0.1, -0.05) is 13.3 Å². The third-order valence-electron chi connectivity index (χ3n) is 2.57. The van der Waals surface area contributed by atoms with Crippen LogP contribution in [0.5, 0.6) is 0 Å². The van der Waals surface area contributed by atoms with Gasteiger partial charge in [-0.05, 0) is 18.6 Å². The summed E-state index contributed by atoms with van der Waals surface area (Å²) in [6.45, 7) is 1.92. The number of carbonyl (C=O) groups is 2. The Hall–Kier alpha value is -2.57. The lowest BCUT2D eigenvalue weighted by molar-refractivity contribution is -0.115. The molecule has 0 saturated heterocycles. The molecule has 0 aromatic carbocycles. The van der Waals surface area contributed by atoms with Gasteiger partial charge < -0.3 is 15.1 Å². The molecule has 0 unspecified atom stereocenters. The van der Waals surface area contributed by atoms with E-state index in [1.54, 1.807) is 12.1 Å². The van der Waals surface area contributed by atoms with Gasteiger partial charge in [-0.25, -0.2) is 0 Å². The van der Waals surface area contributed by atoms with Gasteiger partial charge in [0.1, 0.15) is 0 Å². The monoisotopic (exact) mass is 276 g/mol. The highest BCUT2D eigenvalue weighted by atomic mass is 16.3. The van der Waals surface area contributed by atoms with E-state index < -0.39 is 5.91 Å². The number of aryl methyl sites for hydroxylation is 1. The molecular formula is C13H16N4O3. The summed E-state index contributed by atoms with van der Waals surface area (Å²) >= 11 is 0. The molecular weight excluding hydrogens is 260 g/mol. The maximum absolute atomic E-state index is 11.6. The van der Waals surface area contributed by atoms with Crippen LogP contribution in [0.2, 0.25) is 0 Å². The molecule has 20 heavy (non-hydrogen) atoms. The average molecular weight is 276 g/mol. The van der Waals surface area contributed by atoms with E-state index >= 15 is 0 Å². The van der Waals surface area contributed by atoms with Crippen LogP contribution in [0.1, 0.15) is 29.6 Å². The Morgan fingerprint density at radius 2 is 2.30 bits per heavy atom. The van der Waals surface area contributed by atoms with Crippen LogP contribution in [0, 0.1) is 0 Å². The van der Waals surface area contributed by atoms with Crippen molar-refractivity contribution in [1.29, 1.82) is 0 Å². The molecule has 0 aliphatic heterocycles. The molecule has 0 spiro atoms. The fourth-order valence-electron chi connectivity index (χ4n) is 1.67. The van der Waals surface area contributed by atoms with Crippen LogP contribution >= 0.6 is 0 Å². The number of H-pyrrole nitrogens is 1. The standard InChI is InChI=1S/C13H16N4O3/c1-2-4-9-7-11(17-16-9)15-12(18)8-14-13(19)10-5-3-6-20-10/h3,5-7H,2,4,8H2,1H3,(H,14,19)(H2,15,16,17,18). The summed E-state index contributed by atoms with van der Waals surface area (Å²) < 4.78 is 4.91. The van der Waals surface area contributed by atoms with E-state index in [4.69, 9.17) is 4.42 Å². The zero-order valence-electron chi connectivity index (χ0n) is 11.1. The molecule has 7 heteroatoms. The van der Waals surface area contributed by atoms with Gasteiger partial charge in [0, 0.05) is 11.8 Å². The Morgan fingerprint density at radius 1 is 1.45 bits per heavy atom. The summed E-state index contributed by atoms with van der Waals surface area (Å²) in [4.78, 5) is 23.2. The maximum Gasteiger partial charge on any atom is 0.287 e. The molecule has 2 aromatic heterocycles. The van der Waals surface area contributed by atoms with Crippen LogP contribution in [-0.2, 0) is 11.2 Å². The first-order valence-corrected chi connectivity index (χ1v) is 6.35. The predicted molar refractivity (Wildman–Crippen MR) is 72.3 cm³/mol. The summed E-state index contributed by atoms with van der Waals surface area (Å²) in [6.07, 6.45) is 3.26. The third-order valence-corrected chi connectivity index (χ3v) is 2.57. The molecule has 0 aliphatic rings. The van der Waals surface area contributed by atoms with Gasteiger partial charge >= 0.3 is 0 Å². The molecule has 2 amide bonds. The van der Waals surface area contributed by atoms with Crippen molar-refractivity contribution >= 4 is 17.6 Å². The second-order valence-corrected chi connectivity index (χ2v) is 4.24. The first-order chi connectivity index (χ1) is 9.69. The van der Waals surface area contributed by atoms with Crippen LogP contribution in [0.15, 0.2) is 28.9 Å². The molecule has 0 atom stereocenters. The Kier molecular flexibility index (Phi) is 4.54. The first kappa shape index (κ1) is 13.9. The van der Waals surface area contributed by atoms with Crippen molar-refractivity contribution in [3.05, 3.63) is 35.9 Å². The number of hydrogen-bond acceptors (Lipinski definition) is 4. The number of carbonyl (C=O) groups excluding carboxylic acids is 2. The van der Waals surface area contributed by atoms with Gasteiger partial charge in [-0.3, -0.25) is 14.7 Å². The smallest absolute Gasteiger partial charge is 0.287 e. The van der Waals surface area contributed by atoms with E-state index in [-0.39, 0.29) is 18.2 Å². The van der Waals surface area contributed by atoms with Crippen molar-refractivity contribution in [3.8, 4) is 0 Å². The Balaban J connectivity index is 1.78. The quantitative estimate of drug-likeness (QED) is 0.740. The number of hydrogen-bond donors (Lipinski definition) is 3. The highest BCUT2D eigenvalue weighted by molar-refractivity contribution is 5.97. The lowest BCUT2D eigenvalue weighted by Gasteiger charge is -2.03. The van der Waals surface area contributed by atoms with Crippen molar-refractivity contribution in [2.24, 2.45) is 0 Å². The van der Waals surface area contributed by atoms with E-state index in [0.29, 0.717) is 5.82 Å². The van der Waals surface area contributed by atoms with Gasteiger partial charge in [0.2, 0.25) is 5.91 Å². The van der Waals surface area contributed by atoms with E-state index in [1.807, 2.05) is 0 Å². The number of aromatic nitrogens is 2. The van der Waals surface area contributed by atoms with Crippen molar-refractivity contribution in [1.82, 2.24) is 15.5 Å². The van der Waals surface area contributed by atoms with E-state index in [0.717, 1.165) is 18.5 Å². The summed E-state index contributed by atoms with van der Waals surface area (Å²) in [5, 5.41) is 11.8. The predicted octanol–water partition coefficient (Wildman–Crippen LogP) is 1.32. The Morgan fingerprint density at radius 3 is 3.00 bits per heavy atom. The van der Waals surface area contributed by atoms with Crippen LogP contribution in [0.3, 0.4) is 0 Å². The maximum atomic E-state index is 11.6. The molecule has 0 bridgehead atoms. The average Bonchev–Trinajstić information content (AvgIpc) is 3.08. The number of anilines is 1. The lowest BCUT2D eigenvalue weighted by atomic mass is 10.2. The first-order valence-electron chi connectivity index (χ1n) is 6.35. The molecule has 2 aromatic rings. The zero-order valence-corrected chi connectivity index (χ0v) is 11.1. The van der Waals surface area contributed by atoms with Gasteiger partial charge in [0.15, 0.2) is 11.6 Å². The molecule has 0 radical (unpaired) electrons. The Labute approximate surface area is 115 Å². The number of amides is 2. The summed E-state index contributed by atoms with van der Waals surface area (Å²) in [5.41, 5.74) is 0.961. The lowest BCUT2D eigenvalue weighted by Crippen LogP contribution is -2.32. The van der Waals surface area contributed by atoms with E-state index in [9.17, 15) is 9.59 Å². The molecule has 106 valence electrons. The molecule has 0 fully saturated rings. The summed E-state index contributed by atoms with van der Waals surface area (Å²) in [5.74, 6) is -0.160. The van der Waals surface area contributed by atoms with Crippen LogP contribution in [-0.4, -0.2) is 28.6 Å². The number of nitrogens with zero attached hydrogens (tertiary/aromatic N) is 1. The van der Waals surface area contributed by atoms with Gasteiger partial charge in [0.25, 0.3) is 5.91 Å². The fourth-order valence-corrected chi connectivity index (χ4v) is 1.67. The molecule has 0 aliphatic carbocycles. The summed E-state index contributed by atoms with van der Waals surface area (Å²) in [7, 11) is 0. The second kappa shape index (κ2) is 6.55. The van der Waals surface area contributed by atoms with Crippen molar-refractivity contribution in [3.63, 3.8) is 0 Å². The molecule has 7 nitrogen and oxygen atoms in total. The SMILES string of the molecule is CCCc1cc(NC(=O)CNC(=O)c2ccco2)n[nH]1. The second-order valence-electron chi connectivity index (χ2n) is 4.24.